The summed E-state index contributed by atoms with van der Waals surface area (Å²) in [6.07, 6.45) is 0. The zero-order chi connectivity index (χ0) is 0. The molecule has 0 aromatic heterocycles. The van der Waals surface area contributed by atoms with E-state index in [1.54, 1.807) is 0 Å². The molecule has 8 heavy (non-hydrogen) atoms. The van der Waals surface area contributed by atoms with E-state index in [-0.39, 0.29) is 270 Å². The Morgan fingerprint density at radius 2 is 0.375 bits per heavy atom. The van der Waals surface area contributed by atoms with Crippen molar-refractivity contribution in [3.8, 4) is 0 Å². The first-order valence-corrected chi connectivity index (χ1v) is 0. The standard InChI is InChI=1S/K.7Na.8H/q8*+1;8*-1. The average Bonchev–Trinajstić information content (AvgIpc) is 0. The van der Waals surface area contributed by atoms with Crippen LogP contribution in [0.25, 0.3) is 0 Å². The SMILES string of the molecule is [H-].[H-].[H-].[H-].[H-].[H-].[H-].[H-].[K+].[Na+].[Na+].[Na+].[Na+].[Na+].[Na+].[Na+]. The summed E-state index contributed by atoms with van der Waals surface area (Å²) in [5.41, 5.74) is 0. The van der Waals surface area contributed by atoms with Crippen LogP contribution >= 0.6 is 0 Å². The molecule has 0 amide bonds. The molecule has 0 fully saturated rings. The van der Waals surface area contributed by atoms with Gasteiger partial charge in [0.1, 0.15) is 0 Å². The maximum atomic E-state index is 0. The van der Waals surface area contributed by atoms with Crippen LogP contribution in [0.1, 0.15) is 11.4 Å². The second-order valence-electron chi connectivity index (χ2n) is 0. The third-order valence-electron chi connectivity index (χ3n) is 0. The van der Waals surface area contributed by atoms with Gasteiger partial charge >= 0.3 is 258 Å². The van der Waals surface area contributed by atoms with Gasteiger partial charge in [0, 0.05) is 0 Å². The van der Waals surface area contributed by atoms with Crippen molar-refractivity contribution >= 4 is 0 Å². The smallest absolute Gasteiger partial charge is 1.00 e. The van der Waals surface area contributed by atoms with E-state index < -0.39 is 0 Å². The summed E-state index contributed by atoms with van der Waals surface area (Å²) in [4.78, 5) is 0. The van der Waals surface area contributed by atoms with Crippen LogP contribution in [0.15, 0.2) is 0 Å². The molecule has 0 N–H and O–H groups in total. The Bertz CT molecular complexity index is 20.3. The maximum Gasteiger partial charge on any atom is 1.00 e. The van der Waals surface area contributed by atoms with Gasteiger partial charge in [0.05, 0.1) is 0 Å². The van der Waals surface area contributed by atoms with E-state index in [4.69, 9.17) is 0 Å². The van der Waals surface area contributed by atoms with Crippen molar-refractivity contribution in [3.05, 3.63) is 0 Å². The Morgan fingerprint density at radius 3 is 0.375 bits per heavy atom. The van der Waals surface area contributed by atoms with Crippen molar-refractivity contribution in [1.82, 2.24) is 0 Å². The quantitative estimate of drug-likeness (QED) is 0.347. The predicted molar refractivity (Wildman–Crippen MR) is 8.90 cm³/mol. The normalized spacial score (nSPS) is 0. The molecule has 0 radical (unpaired) electrons. The fourth-order valence-corrected chi connectivity index (χ4v) is 0. The minimum absolute atomic E-state index is 0. The third kappa shape index (κ3) is 36.5. The number of hydrogen-bond acceptors (Lipinski definition) is 0. The van der Waals surface area contributed by atoms with Crippen LogP contribution in [0.4, 0.5) is 0 Å². The van der Waals surface area contributed by atoms with Gasteiger partial charge in [-0.2, -0.15) is 0 Å². The Balaban J connectivity index is 0. The Labute approximate surface area is 261 Å². The molecule has 0 aromatic rings. The van der Waals surface area contributed by atoms with Crippen LogP contribution in [0.3, 0.4) is 0 Å². The minimum atomic E-state index is 0. The molecule has 0 aliphatic rings. The fourth-order valence-electron chi connectivity index (χ4n) is 0. The first-order chi connectivity index (χ1) is 0. The molecular weight excluding hydrogens is 200 g/mol. The molecule has 0 heterocycles. The molecular formula is H8KNa7. The summed E-state index contributed by atoms with van der Waals surface area (Å²) in [5, 5.41) is 0. The van der Waals surface area contributed by atoms with E-state index in [2.05, 4.69) is 0 Å². The summed E-state index contributed by atoms with van der Waals surface area (Å²) >= 11 is 0. The van der Waals surface area contributed by atoms with Crippen molar-refractivity contribution < 1.29 is 270 Å². The van der Waals surface area contributed by atoms with Gasteiger partial charge in [-0.15, -0.1) is 0 Å². The summed E-state index contributed by atoms with van der Waals surface area (Å²) in [5.74, 6) is 0. The molecule has 0 aliphatic carbocycles. The van der Waals surface area contributed by atoms with Gasteiger partial charge in [0.2, 0.25) is 0 Å². The summed E-state index contributed by atoms with van der Waals surface area (Å²) < 4.78 is 0. The molecule has 0 bridgehead atoms. The fraction of sp³-hybridized carbons (Fsp3) is 0. The van der Waals surface area contributed by atoms with E-state index in [0.29, 0.717) is 0 Å². The second-order valence-corrected chi connectivity index (χ2v) is 0. The molecule has 0 saturated heterocycles. The van der Waals surface area contributed by atoms with Crippen LogP contribution in [-0.2, 0) is 0 Å². The maximum absolute atomic E-state index is 0. The van der Waals surface area contributed by atoms with Gasteiger partial charge in [-0.25, -0.2) is 0 Å². The van der Waals surface area contributed by atoms with E-state index in [1.165, 1.54) is 0 Å². The van der Waals surface area contributed by atoms with Crippen molar-refractivity contribution in [2.24, 2.45) is 0 Å². The zero-order valence-electron chi connectivity index (χ0n) is 16.0. The summed E-state index contributed by atoms with van der Waals surface area (Å²) in [7, 11) is 0. The molecule has 0 unspecified atom stereocenters. The average molecular weight is 208 g/mol. The molecule has 16 valence electrons. The van der Waals surface area contributed by atoms with Gasteiger partial charge in [0.15, 0.2) is 0 Å². The van der Waals surface area contributed by atoms with E-state index in [1.807, 2.05) is 0 Å². The topological polar surface area (TPSA) is 0 Å². The first kappa shape index (κ1) is 54.5. The van der Waals surface area contributed by atoms with E-state index in [9.17, 15) is 0 Å². The van der Waals surface area contributed by atoms with Gasteiger partial charge in [-0.1, -0.05) is 0 Å². The second kappa shape index (κ2) is 44.9. The van der Waals surface area contributed by atoms with Gasteiger partial charge < -0.3 is 11.4 Å². The Hall–Kier alpha value is 8.64. The first-order valence-electron chi connectivity index (χ1n) is 0. The van der Waals surface area contributed by atoms with E-state index in [0.717, 1.165) is 0 Å². The van der Waals surface area contributed by atoms with E-state index >= 15 is 0 Å². The Kier molecular flexibility index (Phi) is 306. The molecule has 0 aliphatic heterocycles. The number of hydrogen-bond donors (Lipinski definition) is 0. The van der Waals surface area contributed by atoms with Gasteiger partial charge in [-0.05, 0) is 0 Å². The molecule has 0 spiro atoms. The third-order valence-corrected chi connectivity index (χ3v) is 0. The molecule has 0 rings (SSSR count). The molecule has 0 aromatic carbocycles. The van der Waals surface area contributed by atoms with Crippen molar-refractivity contribution in [2.75, 3.05) is 0 Å². The molecule has 0 saturated carbocycles. The van der Waals surface area contributed by atoms with Crippen LogP contribution in [0.2, 0.25) is 0 Å². The van der Waals surface area contributed by atoms with Crippen LogP contribution in [0.5, 0.6) is 0 Å². The Morgan fingerprint density at radius 1 is 0.375 bits per heavy atom. The minimum Gasteiger partial charge on any atom is -1.00 e. The van der Waals surface area contributed by atoms with Crippen molar-refractivity contribution in [3.63, 3.8) is 0 Å². The predicted octanol–water partition coefficient (Wildman–Crippen LogP) is -23.1. The van der Waals surface area contributed by atoms with Gasteiger partial charge in [-0.3, -0.25) is 0 Å². The molecule has 0 nitrogen and oxygen atoms in total. The van der Waals surface area contributed by atoms with Crippen LogP contribution in [-0.4, -0.2) is 0 Å². The summed E-state index contributed by atoms with van der Waals surface area (Å²) in [6, 6.07) is 0. The zero-order valence-corrected chi connectivity index (χ0v) is 25.1. The molecule has 8 heteroatoms. The number of rotatable bonds is 0. The largest absolute Gasteiger partial charge is 1.00 e. The molecule has 0 atom stereocenters. The van der Waals surface area contributed by atoms with Crippen LogP contribution in [0, 0.1) is 0 Å². The van der Waals surface area contributed by atoms with Crippen molar-refractivity contribution in [1.29, 1.82) is 0 Å². The van der Waals surface area contributed by atoms with Crippen LogP contribution < -0.4 is 258 Å². The van der Waals surface area contributed by atoms with Crippen molar-refractivity contribution in [2.45, 2.75) is 0 Å². The monoisotopic (exact) mass is 208 g/mol. The van der Waals surface area contributed by atoms with Gasteiger partial charge in [0.25, 0.3) is 0 Å². The summed E-state index contributed by atoms with van der Waals surface area (Å²) in [6.45, 7) is 0.